The fourth-order valence-corrected chi connectivity index (χ4v) is 3.52. The highest BCUT2D eigenvalue weighted by Gasteiger charge is 2.27. The number of halogens is 2. The predicted octanol–water partition coefficient (Wildman–Crippen LogP) is 2.40. The van der Waals surface area contributed by atoms with Crippen molar-refractivity contribution < 1.29 is 8.42 Å². The molecule has 0 amide bonds. The Hall–Kier alpha value is -0.830. The summed E-state index contributed by atoms with van der Waals surface area (Å²) in [5.74, 6) is 0.232. The summed E-state index contributed by atoms with van der Waals surface area (Å²) < 4.78 is 24.2. The van der Waals surface area contributed by atoms with Crippen LogP contribution in [0.15, 0.2) is 17.3 Å². The number of nitrogens with zero attached hydrogens (tertiary/aromatic N) is 2. The second-order valence-corrected chi connectivity index (χ2v) is 6.46. The molecule has 1 heterocycles. The first kappa shape index (κ1) is 14.2. The molecule has 4 nitrogen and oxygen atoms in total. The van der Waals surface area contributed by atoms with E-state index < -0.39 is 15.1 Å². The Morgan fingerprint density at radius 3 is 2.76 bits per heavy atom. The maximum absolute atomic E-state index is 12.1. The molecule has 17 heavy (non-hydrogen) atoms. The Bertz CT molecular complexity index is 552. The molecule has 7 heteroatoms. The van der Waals surface area contributed by atoms with Crippen molar-refractivity contribution in [1.29, 1.82) is 5.26 Å². The van der Waals surface area contributed by atoms with Gasteiger partial charge in [0.2, 0.25) is 0 Å². The molecular weight excluding hydrogens is 283 g/mol. The number of pyridine rings is 1. The number of hydrogen-bond acceptors (Lipinski definition) is 4. The fourth-order valence-electron chi connectivity index (χ4n) is 1.21. The summed E-state index contributed by atoms with van der Waals surface area (Å²) in [5.41, 5.74) is 0.0957. The molecule has 1 aromatic heterocycles. The third-order valence-electron chi connectivity index (χ3n) is 2.29. The van der Waals surface area contributed by atoms with Gasteiger partial charge in [0, 0.05) is 12.1 Å². The summed E-state index contributed by atoms with van der Waals surface area (Å²) in [7, 11) is -3.64. The zero-order valence-electron chi connectivity index (χ0n) is 9.02. The van der Waals surface area contributed by atoms with Crippen molar-refractivity contribution in [2.45, 2.75) is 23.6 Å². The summed E-state index contributed by atoms with van der Waals surface area (Å²) in [5, 5.41) is 7.71. The number of aromatic nitrogens is 1. The van der Waals surface area contributed by atoms with Crippen molar-refractivity contribution in [3.05, 3.63) is 22.8 Å². The molecule has 0 aliphatic carbocycles. The standard InChI is InChI=1S/C10H10Cl2N2O2S/c1-7(2-4-11)17(15,16)10-9(12)8(6-13)3-5-14-10/h3,5,7H,2,4H2,1H3. The molecule has 92 valence electrons. The summed E-state index contributed by atoms with van der Waals surface area (Å²) >= 11 is 11.4. The van der Waals surface area contributed by atoms with Crippen molar-refractivity contribution in [3.8, 4) is 6.07 Å². The van der Waals surface area contributed by atoms with Crippen molar-refractivity contribution in [2.24, 2.45) is 0 Å². The van der Waals surface area contributed by atoms with Gasteiger partial charge >= 0.3 is 0 Å². The van der Waals surface area contributed by atoms with Crippen LogP contribution in [0.4, 0.5) is 0 Å². The van der Waals surface area contributed by atoms with Crippen LogP contribution in [0, 0.1) is 11.3 Å². The summed E-state index contributed by atoms with van der Waals surface area (Å²) in [6.07, 6.45) is 1.56. The summed E-state index contributed by atoms with van der Waals surface area (Å²) in [4.78, 5) is 3.75. The number of alkyl halides is 1. The van der Waals surface area contributed by atoms with E-state index in [-0.39, 0.29) is 21.5 Å². The van der Waals surface area contributed by atoms with Gasteiger partial charge in [0.1, 0.15) is 6.07 Å². The Morgan fingerprint density at radius 2 is 2.24 bits per heavy atom. The van der Waals surface area contributed by atoms with Gasteiger partial charge in [-0.05, 0) is 19.4 Å². The summed E-state index contributed by atoms with van der Waals surface area (Å²) in [6.45, 7) is 1.54. The van der Waals surface area contributed by atoms with Crippen LogP contribution in [0.1, 0.15) is 18.9 Å². The number of nitriles is 1. The molecule has 0 saturated heterocycles. The molecule has 1 rings (SSSR count). The lowest BCUT2D eigenvalue weighted by Gasteiger charge is -2.12. The van der Waals surface area contributed by atoms with Crippen LogP contribution in [0.5, 0.6) is 0 Å². The van der Waals surface area contributed by atoms with Crippen LogP contribution in [0.25, 0.3) is 0 Å². The Balaban J connectivity index is 3.31. The van der Waals surface area contributed by atoms with E-state index in [1.807, 2.05) is 6.07 Å². The van der Waals surface area contributed by atoms with Crippen LogP contribution in [-0.4, -0.2) is 24.5 Å². The number of rotatable bonds is 4. The van der Waals surface area contributed by atoms with E-state index in [9.17, 15) is 8.42 Å². The smallest absolute Gasteiger partial charge is 0.199 e. The van der Waals surface area contributed by atoms with Gasteiger partial charge in [-0.3, -0.25) is 0 Å². The van der Waals surface area contributed by atoms with Gasteiger partial charge in [-0.2, -0.15) is 5.26 Å². The van der Waals surface area contributed by atoms with Gasteiger partial charge < -0.3 is 0 Å². The topological polar surface area (TPSA) is 70.8 Å². The third kappa shape index (κ3) is 2.89. The van der Waals surface area contributed by atoms with Gasteiger partial charge in [-0.25, -0.2) is 13.4 Å². The molecule has 0 saturated carbocycles. The molecule has 1 atom stereocenters. The van der Waals surface area contributed by atoms with E-state index in [0.717, 1.165) is 0 Å². The zero-order chi connectivity index (χ0) is 13.1. The largest absolute Gasteiger partial charge is 0.243 e. The average Bonchev–Trinajstić information content (AvgIpc) is 2.29. The van der Waals surface area contributed by atoms with Crippen LogP contribution in [0.2, 0.25) is 5.02 Å². The number of sulfone groups is 1. The van der Waals surface area contributed by atoms with Crippen molar-refractivity contribution in [1.82, 2.24) is 4.98 Å². The summed E-state index contributed by atoms with van der Waals surface area (Å²) in [6, 6.07) is 3.18. The lowest BCUT2D eigenvalue weighted by atomic mass is 10.3. The van der Waals surface area contributed by atoms with E-state index in [1.54, 1.807) is 0 Å². The molecule has 0 fully saturated rings. The molecule has 0 N–H and O–H groups in total. The van der Waals surface area contributed by atoms with E-state index >= 15 is 0 Å². The highest BCUT2D eigenvalue weighted by molar-refractivity contribution is 7.92. The number of hydrogen-bond donors (Lipinski definition) is 0. The van der Waals surface area contributed by atoms with Gasteiger partial charge in [0.15, 0.2) is 14.9 Å². The van der Waals surface area contributed by atoms with E-state index in [0.29, 0.717) is 6.42 Å². The first-order valence-electron chi connectivity index (χ1n) is 4.79. The Kier molecular flexibility index (Phi) is 4.75. The lowest BCUT2D eigenvalue weighted by Crippen LogP contribution is -2.20. The van der Waals surface area contributed by atoms with Crippen molar-refractivity contribution in [2.75, 3.05) is 5.88 Å². The molecule has 0 aliphatic rings. The molecule has 1 unspecified atom stereocenters. The monoisotopic (exact) mass is 292 g/mol. The van der Waals surface area contributed by atoms with Crippen molar-refractivity contribution in [3.63, 3.8) is 0 Å². The SMILES string of the molecule is CC(CCCl)S(=O)(=O)c1nccc(C#N)c1Cl. The molecule has 0 aromatic carbocycles. The molecular formula is C10H10Cl2N2O2S. The van der Waals surface area contributed by atoms with Gasteiger partial charge in [-0.15, -0.1) is 11.6 Å². The lowest BCUT2D eigenvalue weighted by molar-refractivity contribution is 0.577. The van der Waals surface area contributed by atoms with Crippen LogP contribution >= 0.6 is 23.2 Å². The zero-order valence-corrected chi connectivity index (χ0v) is 11.3. The molecule has 0 bridgehead atoms. The first-order valence-corrected chi connectivity index (χ1v) is 7.25. The Labute approximate surface area is 110 Å². The second-order valence-electron chi connectivity index (χ2n) is 3.42. The predicted molar refractivity (Wildman–Crippen MR) is 65.9 cm³/mol. The highest BCUT2D eigenvalue weighted by Crippen LogP contribution is 2.26. The minimum atomic E-state index is -3.64. The first-order chi connectivity index (χ1) is 7.95. The van der Waals surface area contributed by atoms with E-state index in [2.05, 4.69) is 4.98 Å². The Morgan fingerprint density at radius 1 is 1.59 bits per heavy atom. The minimum Gasteiger partial charge on any atom is -0.243 e. The van der Waals surface area contributed by atoms with Crippen LogP contribution in [-0.2, 0) is 9.84 Å². The maximum Gasteiger partial charge on any atom is 0.199 e. The van der Waals surface area contributed by atoms with Crippen molar-refractivity contribution >= 4 is 33.0 Å². The van der Waals surface area contributed by atoms with E-state index in [1.165, 1.54) is 19.2 Å². The molecule has 0 aliphatic heterocycles. The average molecular weight is 293 g/mol. The van der Waals surface area contributed by atoms with Crippen LogP contribution in [0.3, 0.4) is 0 Å². The minimum absolute atomic E-state index is 0.0957. The second kappa shape index (κ2) is 5.67. The van der Waals surface area contributed by atoms with Gasteiger partial charge in [-0.1, -0.05) is 11.6 Å². The highest BCUT2D eigenvalue weighted by atomic mass is 35.5. The normalized spacial score (nSPS) is 13.1. The molecule has 1 aromatic rings. The van der Waals surface area contributed by atoms with Crippen LogP contribution < -0.4 is 0 Å². The third-order valence-corrected chi connectivity index (χ3v) is 5.15. The quantitative estimate of drug-likeness (QED) is 0.799. The fraction of sp³-hybridized carbons (Fsp3) is 0.400. The molecule has 0 spiro atoms. The van der Waals surface area contributed by atoms with E-state index in [4.69, 9.17) is 28.5 Å². The molecule has 0 radical (unpaired) electrons. The van der Waals surface area contributed by atoms with Gasteiger partial charge in [0.05, 0.1) is 15.8 Å². The van der Waals surface area contributed by atoms with Gasteiger partial charge in [0.25, 0.3) is 0 Å². The maximum atomic E-state index is 12.1.